The number of rotatable bonds is 8. The fourth-order valence-corrected chi connectivity index (χ4v) is 5.56. The number of hydrogen-bond donors (Lipinski definition) is 1. The van der Waals surface area contributed by atoms with Crippen molar-refractivity contribution >= 4 is 6.09 Å². The first-order valence-corrected chi connectivity index (χ1v) is 13.0. The van der Waals surface area contributed by atoms with E-state index in [0.29, 0.717) is 19.1 Å². The molecule has 3 saturated heterocycles. The van der Waals surface area contributed by atoms with E-state index in [2.05, 4.69) is 63.7 Å². The minimum Gasteiger partial charge on any atom is -0.445 e. The Morgan fingerprint density at radius 2 is 1.64 bits per heavy atom. The summed E-state index contributed by atoms with van der Waals surface area (Å²) in [6.45, 7) is 4.30. The number of benzene rings is 2. The number of piperidine rings is 3. The minimum atomic E-state index is -0.279. The van der Waals surface area contributed by atoms with Gasteiger partial charge in [-0.3, -0.25) is 9.88 Å². The monoisotopic (exact) mass is 483 g/mol. The van der Waals surface area contributed by atoms with Gasteiger partial charge in [-0.25, -0.2) is 4.79 Å². The fourth-order valence-electron chi connectivity index (χ4n) is 5.56. The number of carbonyl (C=O) groups is 1. The average Bonchev–Trinajstić information content (AvgIpc) is 3.71. The van der Waals surface area contributed by atoms with Gasteiger partial charge in [0.25, 0.3) is 0 Å². The zero-order valence-electron chi connectivity index (χ0n) is 20.6. The predicted molar refractivity (Wildman–Crippen MR) is 138 cm³/mol. The molecule has 1 amide bonds. The summed E-state index contributed by atoms with van der Waals surface area (Å²) >= 11 is 0. The van der Waals surface area contributed by atoms with Crippen LogP contribution in [0.15, 0.2) is 73.1 Å². The maximum absolute atomic E-state index is 12.7. The molecule has 1 aliphatic carbocycles. The lowest BCUT2D eigenvalue weighted by Gasteiger charge is -2.44. The van der Waals surface area contributed by atoms with Gasteiger partial charge in [-0.2, -0.15) is 0 Å². The molecule has 2 aromatic carbocycles. The third kappa shape index (κ3) is 5.15. The van der Waals surface area contributed by atoms with Gasteiger partial charge in [0.2, 0.25) is 0 Å². The van der Waals surface area contributed by atoms with Gasteiger partial charge < -0.3 is 14.8 Å². The number of nitrogens with one attached hydrogen (secondary N) is 1. The number of nitrogens with zero attached hydrogens (tertiary/aromatic N) is 2. The number of aromatic nitrogens is 1. The molecular formula is C30H33N3O3. The van der Waals surface area contributed by atoms with Crippen LogP contribution in [-0.2, 0) is 28.2 Å². The van der Waals surface area contributed by atoms with E-state index in [0.717, 1.165) is 73.1 Å². The van der Waals surface area contributed by atoms with Crippen molar-refractivity contribution < 1.29 is 14.3 Å². The molecular weight excluding hydrogens is 450 g/mol. The standard InChI is InChI=1S/C30H33N3O3/c34-29(36-28-19-33-16-11-26(28)12-17-33)32-30(13-14-30)27-9-7-25(8-10-27)24-5-3-22(4-6-24)20-35-21-23-2-1-15-31-18-23/h1-10,15,18,26,28H,11-14,16-17,19-21H2,(H,32,34). The second-order valence-corrected chi connectivity index (χ2v) is 10.4. The molecule has 1 atom stereocenters. The van der Waals surface area contributed by atoms with Gasteiger partial charge in [0.15, 0.2) is 0 Å². The largest absolute Gasteiger partial charge is 0.445 e. The van der Waals surface area contributed by atoms with E-state index in [1.807, 2.05) is 18.3 Å². The highest BCUT2D eigenvalue weighted by molar-refractivity contribution is 5.70. The summed E-state index contributed by atoms with van der Waals surface area (Å²) in [4.78, 5) is 19.3. The van der Waals surface area contributed by atoms with Crippen LogP contribution in [0, 0.1) is 5.92 Å². The van der Waals surface area contributed by atoms with Crippen LogP contribution in [0.1, 0.15) is 42.4 Å². The number of carbonyl (C=O) groups excluding carboxylic acids is 1. The zero-order chi connectivity index (χ0) is 24.4. The molecule has 0 spiro atoms. The first kappa shape index (κ1) is 23.2. The fraction of sp³-hybridized carbons (Fsp3) is 0.400. The SMILES string of the molecule is O=C(NC1(c2ccc(-c3ccc(COCc4cccnc4)cc3)cc2)CC1)OC1CN2CCC1CC2. The maximum atomic E-state index is 12.7. The van der Waals surface area contributed by atoms with Crippen LogP contribution >= 0.6 is 0 Å². The summed E-state index contributed by atoms with van der Waals surface area (Å²) in [5, 5.41) is 3.19. The summed E-state index contributed by atoms with van der Waals surface area (Å²) in [5.74, 6) is 0.522. The topological polar surface area (TPSA) is 63.7 Å². The first-order chi connectivity index (χ1) is 17.7. The number of alkyl carbamates (subject to hydrolysis) is 1. The van der Waals surface area contributed by atoms with Gasteiger partial charge in [0, 0.05) is 18.9 Å². The van der Waals surface area contributed by atoms with E-state index in [9.17, 15) is 4.79 Å². The van der Waals surface area contributed by atoms with Crippen LogP contribution < -0.4 is 5.32 Å². The smallest absolute Gasteiger partial charge is 0.408 e. The quantitative estimate of drug-likeness (QED) is 0.473. The van der Waals surface area contributed by atoms with Crippen LogP contribution in [0.25, 0.3) is 11.1 Å². The molecule has 4 fully saturated rings. The van der Waals surface area contributed by atoms with Crippen molar-refractivity contribution in [2.45, 2.75) is 50.5 Å². The summed E-state index contributed by atoms with van der Waals surface area (Å²) in [7, 11) is 0. The van der Waals surface area contributed by atoms with Gasteiger partial charge in [0.1, 0.15) is 6.10 Å². The highest BCUT2D eigenvalue weighted by Gasteiger charge is 2.47. The number of hydrogen-bond acceptors (Lipinski definition) is 5. The van der Waals surface area contributed by atoms with Gasteiger partial charge in [-0.15, -0.1) is 0 Å². The molecule has 36 heavy (non-hydrogen) atoms. The van der Waals surface area contributed by atoms with Gasteiger partial charge in [-0.05, 0) is 78.6 Å². The Balaban J connectivity index is 1.03. The van der Waals surface area contributed by atoms with Crippen LogP contribution in [0.4, 0.5) is 4.79 Å². The molecule has 4 aliphatic rings. The van der Waals surface area contributed by atoms with E-state index in [1.54, 1.807) is 6.20 Å². The lowest BCUT2D eigenvalue weighted by Crippen LogP contribution is -2.53. The molecule has 3 aromatic rings. The number of pyridine rings is 1. The molecule has 1 N–H and O–H groups in total. The Labute approximate surface area is 212 Å². The van der Waals surface area contributed by atoms with Crippen molar-refractivity contribution in [3.63, 3.8) is 0 Å². The van der Waals surface area contributed by atoms with E-state index in [-0.39, 0.29) is 17.7 Å². The predicted octanol–water partition coefficient (Wildman–Crippen LogP) is 5.27. The third-order valence-electron chi connectivity index (χ3n) is 7.93. The summed E-state index contributed by atoms with van der Waals surface area (Å²) in [5.41, 5.74) is 5.41. The number of fused-ring (bicyclic) bond motifs is 3. The van der Waals surface area contributed by atoms with Gasteiger partial charge in [0.05, 0.1) is 18.8 Å². The molecule has 0 radical (unpaired) electrons. The molecule has 7 rings (SSSR count). The Bertz CT molecular complexity index is 1170. The van der Waals surface area contributed by atoms with Crippen molar-refractivity contribution in [1.29, 1.82) is 0 Å². The first-order valence-electron chi connectivity index (χ1n) is 13.0. The van der Waals surface area contributed by atoms with E-state index in [4.69, 9.17) is 9.47 Å². The number of ether oxygens (including phenoxy) is 2. The van der Waals surface area contributed by atoms with E-state index in [1.165, 1.54) is 0 Å². The molecule has 1 aromatic heterocycles. The van der Waals surface area contributed by atoms with E-state index >= 15 is 0 Å². The average molecular weight is 484 g/mol. The second kappa shape index (κ2) is 10.0. The molecule has 1 saturated carbocycles. The van der Waals surface area contributed by atoms with Crippen molar-refractivity contribution in [3.05, 3.63) is 89.7 Å². The second-order valence-electron chi connectivity index (χ2n) is 10.4. The Kier molecular flexibility index (Phi) is 6.46. The summed E-state index contributed by atoms with van der Waals surface area (Å²) in [6.07, 6.45) is 7.56. The molecule has 2 bridgehead atoms. The normalized spacial score (nSPS) is 23.7. The molecule has 6 nitrogen and oxygen atoms in total. The molecule has 3 aliphatic heterocycles. The minimum absolute atomic E-state index is 0.0365. The lowest BCUT2D eigenvalue weighted by atomic mass is 9.86. The molecule has 6 heteroatoms. The van der Waals surface area contributed by atoms with Crippen molar-refractivity contribution in [1.82, 2.24) is 15.2 Å². The van der Waals surface area contributed by atoms with Crippen molar-refractivity contribution in [2.24, 2.45) is 5.92 Å². The van der Waals surface area contributed by atoms with Crippen LogP contribution in [-0.4, -0.2) is 41.7 Å². The highest BCUT2D eigenvalue weighted by Crippen LogP contribution is 2.46. The van der Waals surface area contributed by atoms with E-state index < -0.39 is 0 Å². The maximum Gasteiger partial charge on any atom is 0.408 e. The highest BCUT2D eigenvalue weighted by atomic mass is 16.6. The summed E-state index contributed by atoms with van der Waals surface area (Å²) in [6, 6.07) is 21.0. The van der Waals surface area contributed by atoms with Crippen LogP contribution in [0.3, 0.4) is 0 Å². The molecule has 1 unspecified atom stereocenters. The Morgan fingerprint density at radius 1 is 0.944 bits per heavy atom. The summed E-state index contributed by atoms with van der Waals surface area (Å²) < 4.78 is 11.7. The Hall–Kier alpha value is -3.22. The zero-order valence-corrected chi connectivity index (χ0v) is 20.6. The molecule has 186 valence electrons. The van der Waals surface area contributed by atoms with Crippen LogP contribution in [0.5, 0.6) is 0 Å². The van der Waals surface area contributed by atoms with Crippen LogP contribution in [0.2, 0.25) is 0 Å². The molecule has 4 heterocycles. The Morgan fingerprint density at radius 3 is 2.25 bits per heavy atom. The lowest BCUT2D eigenvalue weighted by molar-refractivity contribution is -0.0342. The van der Waals surface area contributed by atoms with Gasteiger partial charge >= 0.3 is 6.09 Å². The van der Waals surface area contributed by atoms with Crippen molar-refractivity contribution in [3.8, 4) is 11.1 Å². The van der Waals surface area contributed by atoms with Gasteiger partial charge in [-0.1, -0.05) is 54.6 Å². The number of amides is 1. The third-order valence-corrected chi connectivity index (χ3v) is 7.93. The van der Waals surface area contributed by atoms with Crippen molar-refractivity contribution in [2.75, 3.05) is 19.6 Å².